The predicted octanol–water partition coefficient (Wildman–Crippen LogP) is 1.11. The molecular weight excluding hydrogens is 345 g/mol. The van der Waals surface area contributed by atoms with Crippen molar-refractivity contribution in [3.63, 3.8) is 0 Å². The molecule has 6 nitrogen and oxygen atoms in total. The molecule has 1 atom stereocenters. The first-order chi connectivity index (χ1) is 11.8. The molecule has 1 aliphatic heterocycles. The maximum absolute atomic E-state index is 13.8. The Hall–Kier alpha value is -2.06. The number of benzene rings is 1. The van der Waals surface area contributed by atoms with Gasteiger partial charge in [-0.15, -0.1) is 0 Å². The number of pyridine rings is 1. The summed E-state index contributed by atoms with van der Waals surface area (Å²) in [5, 5.41) is 3.21. The van der Waals surface area contributed by atoms with E-state index in [1.807, 2.05) is 0 Å². The number of sulfone groups is 1. The van der Waals surface area contributed by atoms with Crippen LogP contribution in [-0.4, -0.2) is 55.3 Å². The maximum atomic E-state index is 13.8. The van der Waals surface area contributed by atoms with Crippen LogP contribution in [0.3, 0.4) is 0 Å². The Labute approximate surface area is 146 Å². The molecule has 0 aliphatic carbocycles. The van der Waals surface area contributed by atoms with Crippen molar-refractivity contribution in [2.75, 3.05) is 25.1 Å². The summed E-state index contributed by atoms with van der Waals surface area (Å²) >= 11 is 0. The first-order valence-electron chi connectivity index (χ1n) is 8.04. The van der Waals surface area contributed by atoms with Crippen molar-refractivity contribution >= 4 is 26.6 Å². The average molecular weight is 365 g/mol. The fourth-order valence-electron chi connectivity index (χ4n) is 3.10. The minimum absolute atomic E-state index is 0.00890. The molecule has 0 saturated carbocycles. The average Bonchev–Trinajstić information content (AvgIpc) is 2.89. The highest BCUT2D eigenvalue weighted by molar-refractivity contribution is 7.91. The number of halogens is 1. The van der Waals surface area contributed by atoms with Crippen molar-refractivity contribution in [2.45, 2.75) is 19.0 Å². The van der Waals surface area contributed by atoms with Crippen molar-refractivity contribution in [2.24, 2.45) is 0 Å². The monoisotopic (exact) mass is 365 g/mol. The van der Waals surface area contributed by atoms with Crippen LogP contribution in [0.25, 0.3) is 10.9 Å². The van der Waals surface area contributed by atoms with Crippen LogP contribution in [-0.2, 0) is 21.2 Å². The molecule has 2 heterocycles. The van der Waals surface area contributed by atoms with E-state index in [0.29, 0.717) is 23.9 Å². The molecule has 8 heteroatoms. The minimum atomic E-state index is -3.02. The zero-order chi connectivity index (χ0) is 18.0. The van der Waals surface area contributed by atoms with Gasteiger partial charge in [0.2, 0.25) is 5.91 Å². The molecule has 25 heavy (non-hydrogen) atoms. The van der Waals surface area contributed by atoms with Crippen molar-refractivity contribution in [1.29, 1.82) is 0 Å². The lowest BCUT2D eigenvalue weighted by Gasteiger charge is -2.19. The largest absolute Gasteiger partial charge is 0.351 e. The number of hydrogen-bond donors (Lipinski definition) is 1. The van der Waals surface area contributed by atoms with E-state index in [1.165, 1.54) is 6.07 Å². The summed E-state index contributed by atoms with van der Waals surface area (Å²) in [6, 6.07) is 6.12. The van der Waals surface area contributed by atoms with Gasteiger partial charge in [-0.25, -0.2) is 12.8 Å². The first-order valence-corrected chi connectivity index (χ1v) is 9.86. The van der Waals surface area contributed by atoms with Crippen molar-refractivity contribution < 1.29 is 17.6 Å². The molecule has 1 saturated heterocycles. The molecule has 0 radical (unpaired) electrons. The molecule has 2 aromatic rings. The van der Waals surface area contributed by atoms with Gasteiger partial charge in [0.25, 0.3) is 0 Å². The molecule has 1 aliphatic rings. The molecule has 1 fully saturated rings. The number of nitrogens with one attached hydrogen (secondary N) is 1. The fourth-order valence-corrected chi connectivity index (χ4v) is 4.77. The lowest BCUT2D eigenvalue weighted by molar-refractivity contribution is -0.122. The molecule has 3 rings (SSSR count). The predicted molar refractivity (Wildman–Crippen MR) is 93.2 cm³/mol. The molecule has 1 N–H and O–H groups in total. The Balaban J connectivity index is 1.62. The highest BCUT2D eigenvalue weighted by Crippen LogP contribution is 2.20. The number of rotatable bonds is 5. The fraction of sp³-hybridized carbons (Fsp3) is 0.412. The van der Waals surface area contributed by atoms with Crippen LogP contribution in [0.4, 0.5) is 4.39 Å². The molecule has 1 aromatic carbocycles. The molecule has 0 bridgehead atoms. The summed E-state index contributed by atoms with van der Waals surface area (Å²) in [4.78, 5) is 18.1. The number of aromatic nitrogens is 1. The van der Waals surface area contributed by atoms with E-state index in [-0.39, 0.29) is 35.8 Å². The van der Waals surface area contributed by atoms with Gasteiger partial charge in [0.15, 0.2) is 9.84 Å². The second-order valence-corrected chi connectivity index (χ2v) is 8.67. The summed E-state index contributed by atoms with van der Waals surface area (Å²) in [7, 11) is -1.24. The summed E-state index contributed by atoms with van der Waals surface area (Å²) < 4.78 is 36.7. The van der Waals surface area contributed by atoms with Gasteiger partial charge in [-0.1, -0.05) is 6.07 Å². The van der Waals surface area contributed by atoms with Crippen molar-refractivity contribution in [3.05, 3.63) is 41.8 Å². The molecule has 1 amide bonds. The van der Waals surface area contributed by atoms with E-state index >= 15 is 0 Å². The number of hydrogen-bond acceptors (Lipinski definition) is 5. The number of carbonyl (C=O) groups is 1. The zero-order valence-electron chi connectivity index (χ0n) is 13.9. The normalized spacial score (nSPS) is 19.4. The van der Waals surface area contributed by atoms with E-state index in [4.69, 9.17) is 0 Å². The van der Waals surface area contributed by atoms with Crippen LogP contribution in [0.1, 0.15) is 12.0 Å². The number of likely N-dealkylation sites (N-methyl/N-ethyl adjacent to an activating group) is 1. The first kappa shape index (κ1) is 17.8. The number of amides is 1. The summed E-state index contributed by atoms with van der Waals surface area (Å²) in [5.41, 5.74) is 1.41. The van der Waals surface area contributed by atoms with Gasteiger partial charge in [0, 0.05) is 24.2 Å². The summed E-state index contributed by atoms with van der Waals surface area (Å²) in [6.45, 7) is 0.562. The second kappa shape index (κ2) is 7.05. The van der Waals surface area contributed by atoms with E-state index in [1.54, 1.807) is 36.3 Å². The van der Waals surface area contributed by atoms with Crippen LogP contribution in [0.2, 0.25) is 0 Å². The molecule has 134 valence electrons. The van der Waals surface area contributed by atoms with Crippen LogP contribution in [0.5, 0.6) is 0 Å². The maximum Gasteiger partial charge on any atom is 0.234 e. The SMILES string of the molecule is CN(CC(=O)NC1CCS(=O)(=O)C1)Cc1ccc(F)c2cccnc12. The van der Waals surface area contributed by atoms with E-state index < -0.39 is 9.84 Å². The quantitative estimate of drug-likeness (QED) is 0.859. The lowest BCUT2D eigenvalue weighted by atomic mass is 10.1. The Morgan fingerprint density at radius 1 is 1.40 bits per heavy atom. The van der Waals surface area contributed by atoms with Gasteiger partial charge in [0.1, 0.15) is 5.82 Å². The summed E-state index contributed by atoms with van der Waals surface area (Å²) in [6.07, 6.45) is 2.07. The zero-order valence-corrected chi connectivity index (χ0v) is 14.7. The highest BCUT2D eigenvalue weighted by atomic mass is 32.2. The van der Waals surface area contributed by atoms with Crippen molar-refractivity contribution in [3.8, 4) is 0 Å². The van der Waals surface area contributed by atoms with Crippen LogP contribution < -0.4 is 5.32 Å². The third-order valence-electron chi connectivity index (χ3n) is 4.25. The summed E-state index contributed by atoms with van der Waals surface area (Å²) in [5.74, 6) is -0.408. The lowest BCUT2D eigenvalue weighted by Crippen LogP contribution is -2.41. The molecule has 0 spiro atoms. The smallest absolute Gasteiger partial charge is 0.234 e. The Morgan fingerprint density at radius 2 is 2.20 bits per heavy atom. The molecule has 1 aromatic heterocycles. The van der Waals surface area contributed by atoms with E-state index in [2.05, 4.69) is 10.3 Å². The minimum Gasteiger partial charge on any atom is -0.351 e. The topological polar surface area (TPSA) is 79.4 Å². The third-order valence-corrected chi connectivity index (χ3v) is 6.02. The second-order valence-electron chi connectivity index (χ2n) is 6.45. The standard InChI is InChI=1S/C17H20FN3O3S/c1-21(10-16(22)20-13-6-8-25(23,24)11-13)9-12-4-5-15(18)14-3-2-7-19-17(12)14/h2-5,7,13H,6,8-11H2,1H3,(H,20,22). The van der Waals surface area contributed by atoms with Gasteiger partial charge in [-0.3, -0.25) is 14.7 Å². The van der Waals surface area contributed by atoms with Crippen molar-refractivity contribution in [1.82, 2.24) is 15.2 Å². The van der Waals surface area contributed by atoms with Gasteiger partial charge in [-0.2, -0.15) is 0 Å². The number of nitrogens with zero attached hydrogens (tertiary/aromatic N) is 2. The number of fused-ring (bicyclic) bond motifs is 1. The van der Waals surface area contributed by atoms with Gasteiger partial charge in [0.05, 0.1) is 23.6 Å². The van der Waals surface area contributed by atoms with Gasteiger partial charge >= 0.3 is 0 Å². The van der Waals surface area contributed by atoms with Gasteiger partial charge < -0.3 is 5.32 Å². The molecule has 1 unspecified atom stereocenters. The highest BCUT2D eigenvalue weighted by Gasteiger charge is 2.29. The Kier molecular flexibility index (Phi) is 5.01. The molecular formula is C17H20FN3O3S. The Bertz CT molecular complexity index is 901. The van der Waals surface area contributed by atoms with Crippen LogP contribution in [0.15, 0.2) is 30.5 Å². The Morgan fingerprint density at radius 3 is 2.92 bits per heavy atom. The van der Waals surface area contributed by atoms with Crippen LogP contribution in [0, 0.1) is 5.82 Å². The van der Waals surface area contributed by atoms with Gasteiger partial charge in [-0.05, 0) is 37.2 Å². The number of carbonyl (C=O) groups excluding carboxylic acids is 1. The van der Waals surface area contributed by atoms with Crippen LogP contribution >= 0.6 is 0 Å². The van der Waals surface area contributed by atoms with E-state index in [0.717, 1.165) is 5.56 Å². The van der Waals surface area contributed by atoms with E-state index in [9.17, 15) is 17.6 Å². The third kappa shape index (κ3) is 4.32.